The number of hydrogen-bond donors (Lipinski definition) is 2. The molecule has 0 spiro atoms. The van der Waals surface area contributed by atoms with Crippen molar-refractivity contribution in [3.05, 3.63) is 12.2 Å². The lowest BCUT2D eigenvalue weighted by atomic mass is 9.64. The zero-order valence-electron chi connectivity index (χ0n) is 9.24. The number of alkyl halides is 1. The van der Waals surface area contributed by atoms with Gasteiger partial charge in [-0.2, -0.15) is 0 Å². The number of carboxylic acid groups (broad SMARTS) is 2. The second-order valence-electron chi connectivity index (χ2n) is 4.37. The van der Waals surface area contributed by atoms with Gasteiger partial charge in [-0.15, -0.1) is 11.6 Å². The molecule has 0 bridgehead atoms. The number of rotatable bonds is 3. The predicted octanol–water partition coefficient (Wildman–Crippen LogP) is 2.13. The van der Waals surface area contributed by atoms with E-state index in [1.165, 1.54) is 13.0 Å². The van der Waals surface area contributed by atoms with Crippen LogP contribution in [-0.2, 0) is 9.59 Å². The molecule has 1 aliphatic rings. The molecule has 16 heavy (non-hydrogen) atoms. The second-order valence-corrected chi connectivity index (χ2v) is 4.81. The second kappa shape index (κ2) is 4.09. The van der Waals surface area contributed by atoms with Crippen LogP contribution in [0.15, 0.2) is 12.2 Å². The zero-order chi connectivity index (χ0) is 12.6. The van der Waals surface area contributed by atoms with Gasteiger partial charge in [-0.1, -0.05) is 19.1 Å². The van der Waals surface area contributed by atoms with E-state index in [2.05, 4.69) is 0 Å². The van der Waals surface area contributed by atoms with Crippen LogP contribution >= 0.6 is 11.6 Å². The summed E-state index contributed by atoms with van der Waals surface area (Å²) in [6.07, 6.45) is 3.67. The first-order chi connectivity index (χ1) is 7.31. The first-order valence-electron chi connectivity index (χ1n) is 5.10. The largest absolute Gasteiger partial charge is 0.481 e. The summed E-state index contributed by atoms with van der Waals surface area (Å²) in [7, 11) is 0. The summed E-state index contributed by atoms with van der Waals surface area (Å²) < 4.78 is 0. The Morgan fingerprint density at radius 1 is 1.44 bits per heavy atom. The molecule has 0 aromatic carbocycles. The van der Waals surface area contributed by atoms with Gasteiger partial charge in [0.1, 0.15) is 5.41 Å². The minimum Gasteiger partial charge on any atom is -0.481 e. The highest BCUT2D eigenvalue weighted by molar-refractivity contribution is 6.25. The van der Waals surface area contributed by atoms with Crippen molar-refractivity contribution in [1.29, 1.82) is 0 Å². The fraction of sp³-hybridized carbons (Fsp3) is 0.636. The maximum absolute atomic E-state index is 11.3. The molecular weight excluding hydrogens is 232 g/mol. The molecule has 0 fully saturated rings. The highest BCUT2D eigenvalue weighted by Crippen LogP contribution is 2.48. The minimum absolute atomic E-state index is 0.274. The van der Waals surface area contributed by atoms with E-state index in [4.69, 9.17) is 16.7 Å². The minimum atomic E-state index is -1.33. The number of carboxylic acids is 2. The summed E-state index contributed by atoms with van der Waals surface area (Å²) in [6, 6.07) is 0. The topological polar surface area (TPSA) is 74.6 Å². The summed E-state index contributed by atoms with van der Waals surface area (Å²) in [5.74, 6) is -2.13. The van der Waals surface area contributed by atoms with Gasteiger partial charge in [-0.05, 0) is 19.8 Å². The summed E-state index contributed by atoms with van der Waals surface area (Å²) in [5.41, 5.74) is -2.52. The smallest absolute Gasteiger partial charge is 0.314 e. The lowest BCUT2D eigenvalue weighted by molar-refractivity contribution is -0.155. The van der Waals surface area contributed by atoms with Crippen LogP contribution in [-0.4, -0.2) is 27.5 Å². The van der Waals surface area contributed by atoms with Crippen LogP contribution in [0.5, 0.6) is 0 Å². The van der Waals surface area contributed by atoms with Crippen LogP contribution in [0.3, 0.4) is 0 Å². The van der Waals surface area contributed by atoms with Crippen molar-refractivity contribution in [1.82, 2.24) is 0 Å². The van der Waals surface area contributed by atoms with Crippen molar-refractivity contribution in [3.63, 3.8) is 0 Å². The van der Waals surface area contributed by atoms with Gasteiger partial charge in [-0.3, -0.25) is 9.59 Å². The summed E-state index contributed by atoms with van der Waals surface area (Å²) in [6.45, 7) is 3.17. The normalized spacial score (nSPS) is 38.3. The third-order valence-corrected chi connectivity index (χ3v) is 4.35. The Morgan fingerprint density at radius 2 is 2.00 bits per heavy atom. The molecule has 0 radical (unpaired) electrons. The fourth-order valence-corrected chi connectivity index (χ4v) is 2.63. The van der Waals surface area contributed by atoms with E-state index in [1.807, 2.05) is 0 Å². The van der Waals surface area contributed by atoms with E-state index in [1.54, 1.807) is 13.0 Å². The van der Waals surface area contributed by atoms with E-state index < -0.39 is 28.1 Å². The number of aliphatic carboxylic acids is 2. The van der Waals surface area contributed by atoms with Crippen LogP contribution in [0.25, 0.3) is 0 Å². The lowest BCUT2D eigenvalue weighted by Crippen LogP contribution is -2.51. The van der Waals surface area contributed by atoms with E-state index in [0.29, 0.717) is 6.42 Å². The van der Waals surface area contributed by atoms with E-state index >= 15 is 0 Å². The first-order valence-corrected chi connectivity index (χ1v) is 5.53. The molecule has 4 nitrogen and oxygen atoms in total. The number of halogens is 1. The van der Waals surface area contributed by atoms with Gasteiger partial charge in [0.25, 0.3) is 0 Å². The van der Waals surface area contributed by atoms with Gasteiger partial charge in [0, 0.05) is 0 Å². The lowest BCUT2D eigenvalue weighted by Gasteiger charge is -2.42. The molecule has 1 rings (SSSR count). The third-order valence-electron chi connectivity index (χ3n) is 3.48. The standard InChI is InChI=1S/C11H15ClO4/c1-3-11(9(15)16)6-4-5-10(2,7(11)12)8(13)14/h4-5,7H,3,6H2,1-2H3,(H,13,14)(H,15,16). The molecular formula is C11H15ClO4. The maximum atomic E-state index is 11.3. The number of hydrogen-bond acceptors (Lipinski definition) is 2. The van der Waals surface area contributed by atoms with Crippen molar-refractivity contribution in [2.75, 3.05) is 0 Å². The Labute approximate surface area is 98.9 Å². The van der Waals surface area contributed by atoms with Crippen LogP contribution < -0.4 is 0 Å². The van der Waals surface area contributed by atoms with Crippen LogP contribution in [0.1, 0.15) is 26.7 Å². The summed E-state index contributed by atoms with van der Waals surface area (Å²) in [4.78, 5) is 22.5. The Balaban J connectivity index is 3.26. The zero-order valence-corrected chi connectivity index (χ0v) is 9.99. The molecule has 90 valence electrons. The Kier molecular flexibility index (Phi) is 3.33. The average molecular weight is 247 g/mol. The maximum Gasteiger partial charge on any atom is 0.314 e. The third kappa shape index (κ3) is 1.61. The van der Waals surface area contributed by atoms with E-state index in [-0.39, 0.29) is 6.42 Å². The van der Waals surface area contributed by atoms with Gasteiger partial charge >= 0.3 is 11.9 Å². The summed E-state index contributed by atoms with van der Waals surface area (Å²) >= 11 is 6.12. The Morgan fingerprint density at radius 3 is 2.38 bits per heavy atom. The van der Waals surface area contributed by atoms with Crippen LogP contribution in [0.2, 0.25) is 0 Å². The number of allylic oxidation sites excluding steroid dienone is 1. The molecule has 2 N–H and O–H groups in total. The molecule has 5 heteroatoms. The molecule has 0 saturated heterocycles. The van der Waals surface area contributed by atoms with Gasteiger partial charge in [0.2, 0.25) is 0 Å². The quantitative estimate of drug-likeness (QED) is 0.591. The van der Waals surface area contributed by atoms with E-state index in [0.717, 1.165) is 0 Å². The Bertz CT molecular complexity index is 352. The van der Waals surface area contributed by atoms with Crippen LogP contribution in [0, 0.1) is 10.8 Å². The van der Waals surface area contributed by atoms with Gasteiger partial charge in [0.15, 0.2) is 0 Å². The molecule has 0 saturated carbocycles. The predicted molar refractivity (Wildman–Crippen MR) is 59.5 cm³/mol. The van der Waals surface area contributed by atoms with Crippen molar-refractivity contribution in [2.45, 2.75) is 32.1 Å². The van der Waals surface area contributed by atoms with Crippen molar-refractivity contribution >= 4 is 23.5 Å². The van der Waals surface area contributed by atoms with Crippen molar-refractivity contribution in [2.24, 2.45) is 10.8 Å². The molecule has 0 aliphatic heterocycles. The highest BCUT2D eigenvalue weighted by Gasteiger charge is 2.55. The molecule has 0 heterocycles. The summed E-state index contributed by atoms with van der Waals surface area (Å²) in [5, 5.41) is 17.5. The highest BCUT2D eigenvalue weighted by atomic mass is 35.5. The van der Waals surface area contributed by atoms with Gasteiger partial charge in [-0.25, -0.2) is 0 Å². The molecule has 0 aromatic heterocycles. The number of carbonyl (C=O) groups is 2. The van der Waals surface area contributed by atoms with Crippen molar-refractivity contribution in [3.8, 4) is 0 Å². The average Bonchev–Trinajstić information content (AvgIpc) is 2.21. The Hall–Kier alpha value is -1.03. The van der Waals surface area contributed by atoms with E-state index in [9.17, 15) is 14.7 Å². The monoisotopic (exact) mass is 246 g/mol. The van der Waals surface area contributed by atoms with Gasteiger partial charge in [0.05, 0.1) is 10.8 Å². The van der Waals surface area contributed by atoms with Crippen LogP contribution in [0.4, 0.5) is 0 Å². The van der Waals surface area contributed by atoms with Crippen molar-refractivity contribution < 1.29 is 19.8 Å². The first kappa shape index (κ1) is 13.0. The SMILES string of the molecule is CCC1(C(=O)O)CC=CC(C)(C(=O)O)C1Cl. The molecule has 3 atom stereocenters. The molecule has 0 aromatic rings. The molecule has 1 aliphatic carbocycles. The molecule has 3 unspecified atom stereocenters. The van der Waals surface area contributed by atoms with Gasteiger partial charge < -0.3 is 10.2 Å². The fourth-order valence-electron chi connectivity index (χ4n) is 2.13. The molecule has 0 amide bonds.